The number of hydrogen-bond acceptors (Lipinski definition) is 13. The number of nitrogens with zero attached hydrogens (tertiary/aromatic N) is 5. The SMILES string of the molecule is CCCCCCCCCCCCCCCCOC[C@@H](COP(=O)(O)OC1[C@@]2(C#N)O[C@@H](c3ccc4c(N)ncnn34)[C@H](O)[C@@]12O)OCc1cc(F)cc(C#N)c1. The average molecular weight is 801 g/mol. The van der Waals surface area contributed by atoms with E-state index in [1.54, 1.807) is 12.1 Å². The molecule has 1 aliphatic carbocycles. The second kappa shape index (κ2) is 20.2. The number of aliphatic hydroxyl groups excluding tert-OH is 1. The Balaban J connectivity index is 1.08. The molecule has 2 aromatic heterocycles. The second-order valence-electron chi connectivity index (χ2n) is 14.7. The summed E-state index contributed by atoms with van der Waals surface area (Å²) in [6, 6.07) is 10.6. The Labute approximate surface area is 327 Å². The summed E-state index contributed by atoms with van der Waals surface area (Å²) in [5, 5.41) is 45.9. The van der Waals surface area contributed by atoms with Crippen LogP contribution in [0.2, 0.25) is 0 Å². The maximum atomic E-state index is 14.1. The number of nitrogens with two attached hydrogens (primary N) is 1. The van der Waals surface area contributed by atoms with E-state index in [9.17, 15) is 34.6 Å². The highest BCUT2D eigenvalue weighted by Gasteiger charge is 2.90. The highest BCUT2D eigenvalue weighted by molar-refractivity contribution is 7.47. The van der Waals surface area contributed by atoms with Gasteiger partial charge in [-0.05, 0) is 42.3 Å². The Morgan fingerprint density at radius 1 is 1.02 bits per heavy atom. The van der Waals surface area contributed by atoms with Gasteiger partial charge < -0.3 is 35.1 Å². The third kappa shape index (κ3) is 10.5. The first-order chi connectivity index (χ1) is 27.0. The molecule has 1 aliphatic heterocycles. The average Bonchev–Trinajstić information content (AvgIpc) is 3.41. The van der Waals surface area contributed by atoms with Crippen molar-refractivity contribution < 1.29 is 47.3 Å². The fraction of sp³-hybridized carbons (Fsp3) is 0.641. The largest absolute Gasteiger partial charge is 0.472 e. The van der Waals surface area contributed by atoms with Crippen molar-refractivity contribution in [2.24, 2.45) is 0 Å². The highest BCUT2D eigenvalue weighted by atomic mass is 31.2. The quantitative estimate of drug-likeness (QED) is 0.0513. The predicted molar refractivity (Wildman–Crippen MR) is 202 cm³/mol. The molecule has 1 saturated carbocycles. The van der Waals surface area contributed by atoms with Gasteiger partial charge in [-0.1, -0.05) is 90.4 Å². The summed E-state index contributed by atoms with van der Waals surface area (Å²) in [6.07, 6.45) is 12.6. The summed E-state index contributed by atoms with van der Waals surface area (Å²) in [7, 11) is -5.02. The summed E-state index contributed by atoms with van der Waals surface area (Å²) in [5.41, 5.74) is 2.43. The number of aliphatic hydroxyl groups is 2. The van der Waals surface area contributed by atoms with Gasteiger partial charge in [0.25, 0.3) is 0 Å². The number of benzene rings is 1. The van der Waals surface area contributed by atoms with Crippen molar-refractivity contribution in [3.63, 3.8) is 0 Å². The van der Waals surface area contributed by atoms with E-state index in [0.717, 1.165) is 25.3 Å². The molecule has 0 radical (unpaired) electrons. The number of phosphoric ester groups is 1. The Morgan fingerprint density at radius 3 is 2.30 bits per heavy atom. The molecule has 56 heavy (non-hydrogen) atoms. The van der Waals surface area contributed by atoms with E-state index in [2.05, 4.69) is 17.0 Å². The molecule has 2 unspecified atom stereocenters. The standard InChI is InChI=1S/C39H54FN6O9P/c1-2-3-4-5-6-7-8-9-10-11-12-13-14-15-18-51-24-31(52-23-29-19-28(22-41)20-30(40)21-29)25-53-56(49,50)55-37-38(26-42)39(37,48)35(47)34(54-38)32-16-17-33-36(43)44-27-45-46(32)33/h16-17,19-21,27,31,34-35,37,47-48H,2-15,18,23-25H2,1H3,(H,49,50)(H2,43,44,45)/t31-,34-,35-,37?,38+,39+/m0/s1. The summed E-state index contributed by atoms with van der Waals surface area (Å²) in [4.78, 5) is 14.6. The number of unbranched alkanes of at least 4 members (excludes halogenated alkanes) is 13. The number of nitriles is 2. The van der Waals surface area contributed by atoms with Crippen molar-refractivity contribution >= 4 is 19.2 Å². The Hall–Kier alpha value is -3.54. The van der Waals surface area contributed by atoms with Gasteiger partial charge in [-0.3, -0.25) is 9.05 Å². The Kier molecular flexibility index (Phi) is 15.8. The first kappa shape index (κ1) is 43.6. The molecule has 17 heteroatoms. The molecule has 0 bridgehead atoms. The van der Waals surface area contributed by atoms with E-state index in [4.69, 9.17) is 29.0 Å². The molecule has 5 rings (SSSR count). The van der Waals surface area contributed by atoms with Gasteiger partial charge in [0.2, 0.25) is 5.60 Å². The van der Waals surface area contributed by atoms with Crippen LogP contribution in [-0.2, 0) is 34.4 Å². The van der Waals surface area contributed by atoms with E-state index in [1.165, 1.54) is 99.7 Å². The molecule has 1 saturated heterocycles. The summed E-state index contributed by atoms with van der Waals surface area (Å²) >= 11 is 0. The van der Waals surface area contributed by atoms with Crippen LogP contribution in [0.3, 0.4) is 0 Å². The maximum absolute atomic E-state index is 14.1. The topological polar surface area (TPSA) is 228 Å². The molecule has 1 aromatic carbocycles. The number of phosphoric acid groups is 1. The molecule has 2 aliphatic rings. The first-order valence-electron chi connectivity index (χ1n) is 19.6. The summed E-state index contributed by atoms with van der Waals surface area (Å²) in [5.74, 6) is -0.464. The van der Waals surface area contributed by atoms with E-state index in [0.29, 0.717) is 17.7 Å². The fourth-order valence-electron chi connectivity index (χ4n) is 7.30. The molecule has 5 N–H and O–H groups in total. The maximum Gasteiger partial charge on any atom is 0.472 e. The van der Waals surface area contributed by atoms with E-state index < -0.39 is 55.9 Å². The fourth-order valence-corrected chi connectivity index (χ4v) is 8.29. The number of ether oxygens (including phenoxy) is 3. The number of halogens is 1. The first-order valence-corrected chi connectivity index (χ1v) is 21.1. The van der Waals surface area contributed by atoms with Gasteiger partial charge in [0, 0.05) is 6.61 Å². The zero-order chi connectivity index (χ0) is 40.2. The lowest BCUT2D eigenvalue weighted by Gasteiger charge is -2.24. The molecule has 3 heterocycles. The van der Waals surface area contributed by atoms with Crippen molar-refractivity contribution in [1.82, 2.24) is 14.6 Å². The van der Waals surface area contributed by atoms with Gasteiger partial charge in [0.15, 0.2) is 17.5 Å². The second-order valence-corrected chi connectivity index (χ2v) is 16.1. The monoisotopic (exact) mass is 800 g/mol. The minimum atomic E-state index is -5.02. The van der Waals surface area contributed by atoms with Crippen LogP contribution in [-0.4, -0.2) is 79.0 Å². The normalized spacial score (nSPS) is 24.4. The van der Waals surface area contributed by atoms with Crippen LogP contribution >= 0.6 is 7.82 Å². The third-order valence-corrected chi connectivity index (χ3v) is 11.4. The number of hydrogen-bond donors (Lipinski definition) is 4. The van der Waals surface area contributed by atoms with Gasteiger partial charge in [-0.2, -0.15) is 15.6 Å². The third-order valence-electron chi connectivity index (χ3n) is 10.5. The zero-order valence-corrected chi connectivity index (χ0v) is 32.8. The molecule has 0 spiro atoms. The van der Waals surface area contributed by atoms with Crippen LogP contribution in [0.25, 0.3) is 5.52 Å². The number of rotatable bonds is 26. The summed E-state index contributed by atoms with van der Waals surface area (Å²) < 4.78 is 56.6. The molecule has 15 nitrogen and oxygen atoms in total. The van der Waals surface area contributed by atoms with Crippen LogP contribution in [0.4, 0.5) is 10.2 Å². The smallest absolute Gasteiger partial charge is 0.387 e. The van der Waals surface area contributed by atoms with Gasteiger partial charge >= 0.3 is 7.82 Å². The van der Waals surface area contributed by atoms with Crippen molar-refractivity contribution in [1.29, 1.82) is 10.5 Å². The summed E-state index contributed by atoms with van der Waals surface area (Å²) in [6.45, 7) is 1.92. The molecule has 0 amide bonds. The lowest BCUT2D eigenvalue weighted by molar-refractivity contribution is -0.0795. The van der Waals surface area contributed by atoms with Gasteiger partial charge in [-0.15, -0.1) is 0 Å². The van der Waals surface area contributed by atoms with Gasteiger partial charge in [0.05, 0.1) is 37.1 Å². The van der Waals surface area contributed by atoms with Crippen molar-refractivity contribution in [2.75, 3.05) is 25.6 Å². The number of nitrogen functional groups attached to an aromatic ring is 1. The van der Waals surface area contributed by atoms with Crippen LogP contribution in [0.5, 0.6) is 0 Å². The van der Waals surface area contributed by atoms with Gasteiger partial charge in [-0.25, -0.2) is 18.5 Å². The van der Waals surface area contributed by atoms with Crippen LogP contribution in [0, 0.1) is 28.5 Å². The Morgan fingerprint density at radius 2 is 1.68 bits per heavy atom. The van der Waals surface area contributed by atoms with Gasteiger partial charge in [0.1, 0.15) is 42.0 Å². The van der Waals surface area contributed by atoms with Crippen LogP contribution in [0.1, 0.15) is 120 Å². The molecule has 7 atom stereocenters. The van der Waals surface area contributed by atoms with Crippen molar-refractivity contribution in [2.45, 2.75) is 139 Å². The minimum absolute atomic E-state index is 0.0444. The van der Waals surface area contributed by atoms with E-state index in [1.807, 2.05) is 6.07 Å². The van der Waals surface area contributed by atoms with Crippen molar-refractivity contribution in [3.05, 3.63) is 59.3 Å². The lowest BCUT2D eigenvalue weighted by Crippen LogP contribution is -2.35. The number of fused-ring (bicyclic) bond motifs is 2. The molecular formula is C39H54FN6O9P. The highest BCUT2D eigenvalue weighted by Crippen LogP contribution is 2.68. The Bertz CT molecular complexity index is 1870. The van der Waals surface area contributed by atoms with Crippen LogP contribution < -0.4 is 5.73 Å². The molecular weight excluding hydrogens is 746 g/mol. The number of anilines is 1. The number of aromatic nitrogens is 3. The zero-order valence-electron chi connectivity index (χ0n) is 31.9. The van der Waals surface area contributed by atoms with E-state index in [-0.39, 0.29) is 30.3 Å². The van der Waals surface area contributed by atoms with Crippen molar-refractivity contribution in [3.8, 4) is 12.1 Å². The van der Waals surface area contributed by atoms with E-state index >= 15 is 0 Å². The molecule has 2 fully saturated rings. The minimum Gasteiger partial charge on any atom is -0.387 e. The predicted octanol–water partition coefficient (Wildman–Crippen LogP) is 6.35. The molecule has 3 aromatic rings. The lowest BCUT2D eigenvalue weighted by atomic mass is 10.0. The molecule has 306 valence electrons. The van der Waals surface area contributed by atoms with Crippen LogP contribution in [0.15, 0.2) is 36.7 Å².